The van der Waals surface area contributed by atoms with E-state index in [0.717, 1.165) is 6.42 Å². The van der Waals surface area contributed by atoms with Crippen molar-refractivity contribution in [3.63, 3.8) is 0 Å². The maximum Gasteiger partial charge on any atom is 0.212 e. The first-order valence-electron chi connectivity index (χ1n) is 6.32. The summed E-state index contributed by atoms with van der Waals surface area (Å²) in [4.78, 5) is 0. The summed E-state index contributed by atoms with van der Waals surface area (Å²) >= 11 is 1.89. The molecule has 0 amide bonds. The van der Waals surface area contributed by atoms with Gasteiger partial charge in [0.25, 0.3) is 0 Å². The normalized spacial score (nSPS) is 21.9. The van der Waals surface area contributed by atoms with Gasteiger partial charge in [0, 0.05) is 24.4 Å². The molecule has 1 rings (SSSR count). The van der Waals surface area contributed by atoms with Crippen LogP contribution in [0.3, 0.4) is 0 Å². The van der Waals surface area contributed by atoms with Gasteiger partial charge in [-0.25, -0.2) is 13.1 Å². The van der Waals surface area contributed by atoms with E-state index in [2.05, 4.69) is 10.0 Å². The molecule has 2 N–H and O–H groups in total. The minimum Gasteiger partial charge on any atom is -0.313 e. The Morgan fingerprint density at radius 2 is 2.12 bits per heavy atom. The summed E-state index contributed by atoms with van der Waals surface area (Å²) in [6.45, 7) is 5.14. The zero-order valence-corrected chi connectivity index (χ0v) is 12.4. The standard InChI is InChI=1S/C11H24N2O2S2/c1-10(2)12-6-8-17(14,15)13-9-11-5-3-4-7-16-11/h10-13H,3-9H2,1-2H3. The number of thioether (sulfide) groups is 1. The molecule has 102 valence electrons. The molecule has 1 heterocycles. The van der Waals surface area contributed by atoms with Crippen LogP contribution in [0.2, 0.25) is 0 Å². The van der Waals surface area contributed by atoms with Gasteiger partial charge in [-0.15, -0.1) is 0 Å². The van der Waals surface area contributed by atoms with E-state index >= 15 is 0 Å². The van der Waals surface area contributed by atoms with Crippen molar-refractivity contribution in [1.29, 1.82) is 0 Å². The van der Waals surface area contributed by atoms with Crippen LogP contribution in [0.5, 0.6) is 0 Å². The van der Waals surface area contributed by atoms with E-state index in [1.165, 1.54) is 18.6 Å². The maximum absolute atomic E-state index is 11.7. The van der Waals surface area contributed by atoms with Crippen molar-refractivity contribution in [3.05, 3.63) is 0 Å². The summed E-state index contributed by atoms with van der Waals surface area (Å²) < 4.78 is 26.1. The topological polar surface area (TPSA) is 58.2 Å². The summed E-state index contributed by atoms with van der Waals surface area (Å²) in [7, 11) is -3.10. The molecule has 1 aliphatic heterocycles. The predicted molar refractivity (Wildman–Crippen MR) is 75.0 cm³/mol. The number of nitrogens with one attached hydrogen (secondary N) is 2. The lowest BCUT2D eigenvalue weighted by atomic mass is 10.2. The Kier molecular flexibility index (Phi) is 6.84. The van der Waals surface area contributed by atoms with Gasteiger partial charge in [0.2, 0.25) is 10.0 Å². The van der Waals surface area contributed by atoms with Crippen LogP contribution in [0.25, 0.3) is 0 Å². The molecule has 0 bridgehead atoms. The van der Waals surface area contributed by atoms with Gasteiger partial charge in [0.15, 0.2) is 0 Å². The second-order valence-corrected chi connectivity index (χ2v) is 8.10. The Morgan fingerprint density at radius 3 is 2.71 bits per heavy atom. The fourth-order valence-corrected chi connectivity index (χ4v) is 4.07. The Labute approximate surface area is 109 Å². The minimum atomic E-state index is -3.10. The highest BCUT2D eigenvalue weighted by atomic mass is 32.2. The monoisotopic (exact) mass is 280 g/mol. The van der Waals surface area contributed by atoms with Crippen molar-refractivity contribution in [2.24, 2.45) is 0 Å². The van der Waals surface area contributed by atoms with E-state index in [0.29, 0.717) is 24.4 Å². The van der Waals surface area contributed by atoms with Gasteiger partial charge in [-0.1, -0.05) is 20.3 Å². The molecule has 1 unspecified atom stereocenters. The smallest absolute Gasteiger partial charge is 0.212 e. The SMILES string of the molecule is CC(C)NCCS(=O)(=O)NCC1CCCCS1. The average molecular weight is 280 g/mol. The van der Waals surface area contributed by atoms with E-state index in [1.54, 1.807) is 0 Å². The van der Waals surface area contributed by atoms with E-state index in [4.69, 9.17) is 0 Å². The molecular weight excluding hydrogens is 256 g/mol. The lowest BCUT2D eigenvalue weighted by Crippen LogP contribution is -2.37. The van der Waals surface area contributed by atoms with Gasteiger partial charge in [-0.05, 0) is 18.6 Å². The third kappa shape index (κ3) is 7.28. The van der Waals surface area contributed by atoms with Crippen LogP contribution >= 0.6 is 11.8 Å². The molecule has 0 aliphatic carbocycles. The highest BCUT2D eigenvalue weighted by Crippen LogP contribution is 2.24. The van der Waals surface area contributed by atoms with E-state index in [-0.39, 0.29) is 5.75 Å². The number of rotatable bonds is 7. The fraction of sp³-hybridized carbons (Fsp3) is 1.00. The zero-order valence-electron chi connectivity index (χ0n) is 10.7. The maximum atomic E-state index is 11.7. The van der Waals surface area contributed by atoms with E-state index < -0.39 is 10.0 Å². The van der Waals surface area contributed by atoms with Gasteiger partial charge in [0.1, 0.15) is 0 Å². The Hall–Kier alpha value is 0.220. The van der Waals surface area contributed by atoms with Crippen molar-refractivity contribution >= 4 is 21.8 Å². The van der Waals surface area contributed by atoms with Crippen LogP contribution in [0.1, 0.15) is 33.1 Å². The van der Waals surface area contributed by atoms with Gasteiger partial charge >= 0.3 is 0 Å². The lowest BCUT2D eigenvalue weighted by Gasteiger charge is -2.21. The van der Waals surface area contributed by atoms with Crippen LogP contribution in [-0.2, 0) is 10.0 Å². The fourth-order valence-electron chi connectivity index (χ4n) is 1.74. The molecule has 1 fully saturated rings. The second kappa shape index (κ2) is 7.61. The largest absolute Gasteiger partial charge is 0.313 e. The molecule has 17 heavy (non-hydrogen) atoms. The van der Waals surface area contributed by atoms with E-state index in [9.17, 15) is 8.42 Å². The number of hydrogen-bond acceptors (Lipinski definition) is 4. The molecule has 0 aromatic heterocycles. The summed E-state index contributed by atoms with van der Waals surface area (Å²) in [6, 6.07) is 0.333. The molecule has 6 heteroatoms. The molecule has 0 radical (unpaired) electrons. The van der Waals surface area contributed by atoms with Gasteiger partial charge < -0.3 is 5.32 Å². The number of hydrogen-bond donors (Lipinski definition) is 2. The van der Waals surface area contributed by atoms with Gasteiger partial charge in [-0.3, -0.25) is 0 Å². The highest BCUT2D eigenvalue weighted by Gasteiger charge is 2.17. The highest BCUT2D eigenvalue weighted by molar-refractivity contribution is 8.00. The van der Waals surface area contributed by atoms with Crippen LogP contribution in [0.4, 0.5) is 0 Å². The molecular formula is C11H24N2O2S2. The first-order valence-corrected chi connectivity index (χ1v) is 9.02. The molecule has 4 nitrogen and oxygen atoms in total. The average Bonchev–Trinajstić information content (AvgIpc) is 2.27. The Bertz CT molecular complexity index is 299. The van der Waals surface area contributed by atoms with Crippen LogP contribution < -0.4 is 10.0 Å². The Morgan fingerprint density at radius 1 is 1.35 bits per heavy atom. The van der Waals surface area contributed by atoms with Crippen LogP contribution in [0, 0.1) is 0 Å². The predicted octanol–water partition coefficient (Wildman–Crippen LogP) is 1.19. The molecule has 0 aromatic carbocycles. The van der Waals surface area contributed by atoms with Crippen molar-refractivity contribution in [1.82, 2.24) is 10.0 Å². The summed E-state index contributed by atoms with van der Waals surface area (Å²) in [6.07, 6.45) is 3.64. The third-order valence-electron chi connectivity index (χ3n) is 2.73. The molecule has 0 aromatic rings. The summed E-state index contributed by atoms with van der Waals surface area (Å²) in [5, 5.41) is 3.58. The third-order valence-corrected chi connectivity index (χ3v) is 5.47. The first-order chi connectivity index (χ1) is 7.99. The van der Waals surface area contributed by atoms with Crippen molar-refractivity contribution in [3.8, 4) is 0 Å². The first kappa shape index (κ1) is 15.3. The summed E-state index contributed by atoms with van der Waals surface area (Å²) in [5.74, 6) is 1.34. The lowest BCUT2D eigenvalue weighted by molar-refractivity contribution is 0.561. The molecule has 1 atom stereocenters. The summed E-state index contributed by atoms with van der Waals surface area (Å²) in [5.41, 5.74) is 0. The molecule has 0 spiro atoms. The molecule has 1 aliphatic rings. The van der Waals surface area contributed by atoms with Crippen molar-refractivity contribution in [2.75, 3.05) is 24.6 Å². The molecule has 0 saturated carbocycles. The molecule has 1 saturated heterocycles. The number of sulfonamides is 1. The Balaban J connectivity index is 2.19. The van der Waals surface area contributed by atoms with Crippen molar-refractivity contribution in [2.45, 2.75) is 44.4 Å². The minimum absolute atomic E-state index is 0.169. The zero-order chi connectivity index (χ0) is 12.7. The van der Waals surface area contributed by atoms with Crippen LogP contribution in [0.15, 0.2) is 0 Å². The van der Waals surface area contributed by atoms with Gasteiger partial charge in [0.05, 0.1) is 5.75 Å². The van der Waals surface area contributed by atoms with Crippen LogP contribution in [-0.4, -0.2) is 44.3 Å². The quantitative estimate of drug-likeness (QED) is 0.735. The second-order valence-electron chi connectivity index (χ2n) is 4.76. The van der Waals surface area contributed by atoms with Gasteiger partial charge in [-0.2, -0.15) is 11.8 Å². The van der Waals surface area contributed by atoms with Crippen molar-refractivity contribution < 1.29 is 8.42 Å². The van der Waals surface area contributed by atoms with E-state index in [1.807, 2.05) is 25.6 Å².